The van der Waals surface area contributed by atoms with Crippen LogP contribution in [0.15, 0.2) is 36.5 Å². The fraction of sp³-hybridized carbons (Fsp3) is 0.312. The Bertz CT molecular complexity index is 572. The van der Waals surface area contributed by atoms with Crippen LogP contribution in [0.5, 0.6) is 5.75 Å². The highest BCUT2D eigenvalue weighted by molar-refractivity contribution is 5.43. The van der Waals surface area contributed by atoms with E-state index in [1.54, 1.807) is 25.3 Å². The maximum atomic E-state index is 13.2. The van der Waals surface area contributed by atoms with Gasteiger partial charge in [-0.25, -0.2) is 4.39 Å². The van der Waals surface area contributed by atoms with Gasteiger partial charge < -0.3 is 10.1 Å². The van der Waals surface area contributed by atoms with Crippen LogP contribution in [-0.2, 0) is 6.61 Å². The molecule has 0 aliphatic rings. The van der Waals surface area contributed by atoms with Gasteiger partial charge in [-0.1, -0.05) is 6.92 Å². The number of aryl methyl sites for hydroxylation is 1. The number of halogens is 1. The van der Waals surface area contributed by atoms with Crippen LogP contribution in [0.3, 0.4) is 0 Å². The molecule has 1 heterocycles. The van der Waals surface area contributed by atoms with Gasteiger partial charge in [0.25, 0.3) is 0 Å². The molecule has 0 aliphatic heterocycles. The number of pyridine rings is 1. The van der Waals surface area contributed by atoms with Gasteiger partial charge in [0.05, 0.1) is 5.69 Å². The molecule has 0 saturated heterocycles. The summed E-state index contributed by atoms with van der Waals surface area (Å²) in [7, 11) is 0. The van der Waals surface area contributed by atoms with E-state index in [2.05, 4.69) is 17.2 Å². The van der Waals surface area contributed by atoms with Gasteiger partial charge in [0.1, 0.15) is 18.2 Å². The van der Waals surface area contributed by atoms with E-state index in [0.29, 0.717) is 17.9 Å². The largest absolute Gasteiger partial charge is 0.487 e. The second kappa shape index (κ2) is 6.89. The van der Waals surface area contributed by atoms with Crippen LogP contribution >= 0.6 is 0 Å². The number of rotatable bonds is 6. The Morgan fingerprint density at radius 1 is 1.25 bits per heavy atom. The first-order valence-electron chi connectivity index (χ1n) is 6.77. The van der Waals surface area contributed by atoms with Crippen molar-refractivity contribution in [2.75, 3.05) is 11.9 Å². The smallest absolute Gasteiger partial charge is 0.130 e. The van der Waals surface area contributed by atoms with E-state index in [4.69, 9.17) is 4.74 Å². The molecule has 0 aliphatic carbocycles. The van der Waals surface area contributed by atoms with Gasteiger partial charge >= 0.3 is 0 Å². The molecule has 0 unspecified atom stereocenters. The van der Waals surface area contributed by atoms with Crippen molar-refractivity contribution in [1.82, 2.24) is 4.98 Å². The summed E-state index contributed by atoms with van der Waals surface area (Å²) in [5, 5.41) is 3.30. The Labute approximate surface area is 118 Å². The summed E-state index contributed by atoms with van der Waals surface area (Å²) in [5.74, 6) is 0.429. The quantitative estimate of drug-likeness (QED) is 0.866. The highest BCUT2D eigenvalue weighted by Gasteiger charge is 2.02. The number of hydrogen-bond acceptors (Lipinski definition) is 3. The van der Waals surface area contributed by atoms with Crippen LogP contribution in [0.25, 0.3) is 0 Å². The van der Waals surface area contributed by atoms with Gasteiger partial charge in [0, 0.05) is 18.4 Å². The minimum atomic E-state index is -0.221. The van der Waals surface area contributed by atoms with Gasteiger partial charge in [-0.3, -0.25) is 4.98 Å². The molecule has 2 aromatic rings. The van der Waals surface area contributed by atoms with E-state index < -0.39 is 0 Å². The Balaban J connectivity index is 1.97. The van der Waals surface area contributed by atoms with E-state index in [1.165, 1.54) is 6.07 Å². The lowest BCUT2D eigenvalue weighted by atomic mass is 10.2. The molecule has 0 radical (unpaired) electrons. The summed E-state index contributed by atoms with van der Waals surface area (Å²) < 4.78 is 18.8. The zero-order valence-electron chi connectivity index (χ0n) is 11.8. The van der Waals surface area contributed by atoms with Crippen molar-refractivity contribution in [3.8, 4) is 5.75 Å². The SMILES string of the molecule is CCCNc1ccnc(COc2ccc(F)c(C)c2)c1. The van der Waals surface area contributed by atoms with E-state index in [0.717, 1.165) is 24.3 Å². The van der Waals surface area contributed by atoms with Crippen LogP contribution < -0.4 is 10.1 Å². The lowest BCUT2D eigenvalue weighted by Crippen LogP contribution is -2.03. The molecular formula is C16H19FN2O. The minimum Gasteiger partial charge on any atom is -0.487 e. The third kappa shape index (κ3) is 3.95. The van der Waals surface area contributed by atoms with E-state index >= 15 is 0 Å². The summed E-state index contributed by atoms with van der Waals surface area (Å²) in [6.07, 6.45) is 2.83. The second-order valence-electron chi connectivity index (χ2n) is 4.66. The summed E-state index contributed by atoms with van der Waals surface area (Å²) in [6.45, 7) is 5.14. The molecular weight excluding hydrogens is 255 g/mol. The summed E-state index contributed by atoms with van der Waals surface area (Å²) in [6, 6.07) is 8.63. The van der Waals surface area contributed by atoms with Crippen LogP contribution in [0.1, 0.15) is 24.6 Å². The predicted octanol–water partition coefficient (Wildman–Crippen LogP) is 3.93. The highest BCUT2D eigenvalue weighted by Crippen LogP contribution is 2.17. The molecule has 0 fully saturated rings. The number of benzene rings is 1. The van der Waals surface area contributed by atoms with Crippen molar-refractivity contribution in [2.24, 2.45) is 0 Å². The van der Waals surface area contributed by atoms with Crippen LogP contribution in [0.2, 0.25) is 0 Å². The average molecular weight is 274 g/mol. The molecule has 1 N–H and O–H groups in total. The average Bonchev–Trinajstić information content (AvgIpc) is 2.47. The lowest BCUT2D eigenvalue weighted by molar-refractivity contribution is 0.300. The highest BCUT2D eigenvalue weighted by atomic mass is 19.1. The molecule has 2 rings (SSSR count). The van der Waals surface area contributed by atoms with Crippen molar-refractivity contribution in [1.29, 1.82) is 0 Å². The number of anilines is 1. The molecule has 4 heteroatoms. The predicted molar refractivity (Wildman–Crippen MR) is 78.5 cm³/mol. The molecule has 0 bridgehead atoms. The Morgan fingerprint density at radius 3 is 2.85 bits per heavy atom. The standard InChI is InChI=1S/C16H19FN2O/c1-3-7-18-13-6-8-19-14(10-13)11-20-15-4-5-16(17)12(2)9-15/h4-6,8-10H,3,7,11H2,1-2H3,(H,18,19). The van der Waals surface area contributed by atoms with Gasteiger partial charge in [-0.2, -0.15) is 0 Å². The first-order chi connectivity index (χ1) is 9.69. The van der Waals surface area contributed by atoms with Gasteiger partial charge in [-0.05, 0) is 49.2 Å². The summed E-state index contributed by atoms with van der Waals surface area (Å²) in [4.78, 5) is 4.26. The van der Waals surface area contributed by atoms with Crippen molar-refractivity contribution in [2.45, 2.75) is 26.9 Å². The van der Waals surface area contributed by atoms with Crippen molar-refractivity contribution < 1.29 is 9.13 Å². The third-order valence-corrected chi connectivity index (χ3v) is 2.91. The van der Waals surface area contributed by atoms with Crippen LogP contribution in [-0.4, -0.2) is 11.5 Å². The van der Waals surface area contributed by atoms with Crippen molar-refractivity contribution in [3.05, 3.63) is 53.6 Å². The summed E-state index contributed by atoms with van der Waals surface area (Å²) >= 11 is 0. The molecule has 0 amide bonds. The Morgan fingerprint density at radius 2 is 2.10 bits per heavy atom. The van der Waals surface area contributed by atoms with Crippen molar-refractivity contribution >= 4 is 5.69 Å². The summed E-state index contributed by atoms with van der Waals surface area (Å²) in [5.41, 5.74) is 2.46. The first kappa shape index (κ1) is 14.3. The van der Waals surface area contributed by atoms with E-state index in [1.807, 2.05) is 12.1 Å². The zero-order chi connectivity index (χ0) is 14.4. The number of hydrogen-bond donors (Lipinski definition) is 1. The maximum absolute atomic E-state index is 13.2. The molecule has 1 aromatic carbocycles. The van der Waals surface area contributed by atoms with Crippen LogP contribution in [0, 0.1) is 12.7 Å². The van der Waals surface area contributed by atoms with Gasteiger partial charge in [-0.15, -0.1) is 0 Å². The van der Waals surface area contributed by atoms with Gasteiger partial charge in [0.2, 0.25) is 0 Å². The first-order valence-corrected chi connectivity index (χ1v) is 6.77. The second-order valence-corrected chi connectivity index (χ2v) is 4.66. The van der Waals surface area contributed by atoms with E-state index in [-0.39, 0.29) is 5.82 Å². The molecule has 0 atom stereocenters. The van der Waals surface area contributed by atoms with E-state index in [9.17, 15) is 4.39 Å². The number of nitrogens with one attached hydrogen (secondary N) is 1. The molecule has 1 aromatic heterocycles. The topological polar surface area (TPSA) is 34.2 Å². The number of aromatic nitrogens is 1. The molecule has 20 heavy (non-hydrogen) atoms. The monoisotopic (exact) mass is 274 g/mol. The number of ether oxygens (including phenoxy) is 1. The molecule has 0 spiro atoms. The third-order valence-electron chi connectivity index (χ3n) is 2.91. The minimum absolute atomic E-state index is 0.221. The fourth-order valence-corrected chi connectivity index (χ4v) is 1.80. The fourth-order valence-electron chi connectivity index (χ4n) is 1.80. The lowest BCUT2D eigenvalue weighted by Gasteiger charge is -2.09. The number of nitrogens with zero attached hydrogens (tertiary/aromatic N) is 1. The molecule has 3 nitrogen and oxygen atoms in total. The molecule has 106 valence electrons. The van der Waals surface area contributed by atoms with Gasteiger partial charge in [0.15, 0.2) is 0 Å². The Kier molecular flexibility index (Phi) is 4.93. The zero-order valence-corrected chi connectivity index (χ0v) is 11.8. The van der Waals surface area contributed by atoms with Crippen molar-refractivity contribution in [3.63, 3.8) is 0 Å². The Hall–Kier alpha value is -2.10. The van der Waals surface area contributed by atoms with Crippen LogP contribution in [0.4, 0.5) is 10.1 Å². The molecule has 0 saturated carbocycles. The maximum Gasteiger partial charge on any atom is 0.130 e. The normalized spacial score (nSPS) is 10.3.